The molecule has 0 N–H and O–H groups in total. The fourth-order valence-corrected chi connectivity index (χ4v) is 0.332. The second-order valence-electron chi connectivity index (χ2n) is 2.15. The standard InChI is InChI=1S/C6H12N2O/c1-5(2)8(4)6(9)7-3/h5H,3H2,1-2,4H3. The van der Waals surface area contributed by atoms with Gasteiger partial charge in [0.05, 0.1) is 0 Å². The molecule has 0 aromatic heterocycles. The van der Waals surface area contributed by atoms with Crippen molar-refractivity contribution in [2.75, 3.05) is 7.05 Å². The Labute approximate surface area is 55.4 Å². The first-order valence-electron chi connectivity index (χ1n) is 2.83. The molecule has 2 amide bonds. The Morgan fingerprint density at radius 1 is 1.67 bits per heavy atom. The van der Waals surface area contributed by atoms with E-state index in [1.165, 1.54) is 4.90 Å². The maximum Gasteiger partial charge on any atom is 0.342 e. The molecule has 0 saturated heterocycles. The molecule has 0 heterocycles. The van der Waals surface area contributed by atoms with E-state index in [-0.39, 0.29) is 12.1 Å². The van der Waals surface area contributed by atoms with Gasteiger partial charge in [-0.25, -0.2) is 9.79 Å². The summed E-state index contributed by atoms with van der Waals surface area (Å²) in [7, 11) is 1.70. The van der Waals surface area contributed by atoms with E-state index in [0.717, 1.165) is 0 Å². The first-order valence-corrected chi connectivity index (χ1v) is 2.83. The van der Waals surface area contributed by atoms with Gasteiger partial charge in [0.25, 0.3) is 0 Å². The van der Waals surface area contributed by atoms with Gasteiger partial charge in [0.2, 0.25) is 0 Å². The molecule has 0 aliphatic carbocycles. The minimum atomic E-state index is -0.273. The third-order valence-electron chi connectivity index (χ3n) is 1.21. The largest absolute Gasteiger partial charge is 0.342 e. The van der Waals surface area contributed by atoms with Gasteiger partial charge in [-0.1, -0.05) is 0 Å². The zero-order chi connectivity index (χ0) is 7.44. The van der Waals surface area contributed by atoms with Crippen LogP contribution in [-0.2, 0) is 0 Å². The van der Waals surface area contributed by atoms with E-state index in [9.17, 15) is 4.79 Å². The van der Waals surface area contributed by atoms with E-state index in [1.54, 1.807) is 7.05 Å². The molecule has 52 valence electrons. The van der Waals surface area contributed by atoms with Crippen LogP contribution in [0.3, 0.4) is 0 Å². The summed E-state index contributed by atoms with van der Waals surface area (Å²) in [6.07, 6.45) is 0. The Kier molecular flexibility index (Phi) is 2.91. The summed E-state index contributed by atoms with van der Waals surface area (Å²) in [6.45, 7) is 6.96. The summed E-state index contributed by atoms with van der Waals surface area (Å²) in [5, 5.41) is 0. The zero-order valence-corrected chi connectivity index (χ0v) is 6.09. The van der Waals surface area contributed by atoms with Crippen LogP contribution in [0.4, 0.5) is 4.79 Å². The van der Waals surface area contributed by atoms with Gasteiger partial charge in [-0.3, -0.25) is 0 Å². The smallest absolute Gasteiger partial charge is 0.324 e. The van der Waals surface area contributed by atoms with Crippen molar-refractivity contribution < 1.29 is 4.79 Å². The molecule has 0 aliphatic rings. The van der Waals surface area contributed by atoms with Crippen molar-refractivity contribution in [1.82, 2.24) is 4.90 Å². The Balaban J connectivity index is 3.87. The number of nitrogens with zero attached hydrogens (tertiary/aromatic N) is 2. The predicted octanol–water partition coefficient (Wildman–Crippen LogP) is 1.15. The number of aliphatic imine (C=N–C) groups is 1. The van der Waals surface area contributed by atoms with Crippen LogP contribution >= 0.6 is 0 Å². The molecule has 3 heteroatoms. The average molecular weight is 128 g/mol. The molecule has 0 saturated carbocycles. The lowest BCUT2D eigenvalue weighted by Gasteiger charge is -2.17. The van der Waals surface area contributed by atoms with Crippen molar-refractivity contribution in [2.24, 2.45) is 4.99 Å². The van der Waals surface area contributed by atoms with E-state index in [2.05, 4.69) is 11.7 Å². The molecule has 0 aromatic carbocycles. The zero-order valence-electron chi connectivity index (χ0n) is 6.09. The van der Waals surface area contributed by atoms with Gasteiger partial charge < -0.3 is 4.90 Å². The quantitative estimate of drug-likeness (QED) is 0.487. The number of urea groups is 1. The molecule has 0 rings (SSSR count). The highest BCUT2D eigenvalue weighted by atomic mass is 16.2. The SMILES string of the molecule is C=NC(=O)N(C)C(C)C. The van der Waals surface area contributed by atoms with Crippen molar-refractivity contribution in [3.05, 3.63) is 0 Å². The Bertz CT molecular complexity index is 120. The van der Waals surface area contributed by atoms with E-state index >= 15 is 0 Å². The fraction of sp³-hybridized carbons (Fsp3) is 0.667. The van der Waals surface area contributed by atoms with Crippen LogP contribution in [0.5, 0.6) is 0 Å². The second-order valence-corrected chi connectivity index (χ2v) is 2.15. The molecule has 0 spiro atoms. The Hall–Kier alpha value is -0.860. The molecule has 0 aliphatic heterocycles. The monoisotopic (exact) mass is 128 g/mol. The molecule has 0 atom stereocenters. The van der Waals surface area contributed by atoms with Crippen LogP contribution in [0.1, 0.15) is 13.8 Å². The van der Waals surface area contributed by atoms with Crippen LogP contribution in [0.25, 0.3) is 0 Å². The van der Waals surface area contributed by atoms with Crippen molar-refractivity contribution in [3.63, 3.8) is 0 Å². The van der Waals surface area contributed by atoms with E-state index in [1.807, 2.05) is 13.8 Å². The third kappa shape index (κ3) is 2.26. The molecule has 3 nitrogen and oxygen atoms in total. The molecule has 0 radical (unpaired) electrons. The minimum Gasteiger partial charge on any atom is -0.324 e. The van der Waals surface area contributed by atoms with E-state index in [4.69, 9.17) is 0 Å². The van der Waals surface area contributed by atoms with Crippen LogP contribution in [0.15, 0.2) is 4.99 Å². The molecular weight excluding hydrogens is 116 g/mol. The lowest BCUT2D eigenvalue weighted by atomic mass is 10.4. The van der Waals surface area contributed by atoms with Crippen molar-refractivity contribution in [2.45, 2.75) is 19.9 Å². The maximum atomic E-state index is 10.6. The first kappa shape index (κ1) is 8.14. The molecular formula is C6H12N2O. The summed E-state index contributed by atoms with van der Waals surface area (Å²) in [5.41, 5.74) is 0. The van der Waals surface area contributed by atoms with Gasteiger partial charge in [0.1, 0.15) is 0 Å². The highest BCUT2D eigenvalue weighted by molar-refractivity contribution is 5.78. The van der Waals surface area contributed by atoms with E-state index < -0.39 is 0 Å². The number of hydrogen-bond donors (Lipinski definition) is 0. The van der Waals surface area contributed by atoms with Gasteiger partial charge in [0, 0.05) is 13.1 Å². The number of hydrogen-bond acceptors (Lipinski definition) is 1. The van der Waals surface area contributed by atoms with Gasteiger partial charge in [-0.15, -0.1) is 0 Å². The maximum absolute atomic E-state index is 10.6. The number of rotatable bonds is 1. The van der Waals surface area contributed by atoms with Crippen molar-refractivity contribution in [1.29, 1.82) is 0 Å². The second kappa shape index (κ2) is 3.22. The van der Waals surface area contributed by atoms with Crippen LogP contribution in [0, 0.1) is 0 Å². The lowest BCUT2D eigenvalue weighted by Crippen LogP contribution is -2.30. The van der Waals surface area contributed by atoms with Gasteiger partial charge >= 0.3 is 6.03 Å². The highest BCUT2D eigenvalue weighted by Gasteiger charge is 2.07. The molecule has 0 bridgehead atoms. The summed E-state index contributed by atoms with van der Waals surface area (Å²) in [5.74, 6) is 0. The normalized spacial score (nSPS) is 9.33. The summed E-state index contributed by atoms with van der Waals surface area (Å²) >= 11 is 0. The molecule has 0 unspecified atom stereocenters. The minimum absolute atomic E-state index is 0.197. The third-order valence-corrected chi connectivity index (χ3v) is 1.21. The average Bonchev–Trinajstić information content (AvgIpc) is 1.84. The number of carbonyl (C=O) groups excluding carboxylic acids is 1. The fourth-order valence-electron chi connectivity index (χ4n) is 0.332. The van der Waals surface area contributed by atoms with Gasteiger partial charge in [0.15, 0.2) is 0 Å². The van der Waals surface area contributed by atoms with E-state index in [0.29, 0.717) is 0 Å². The predicted molar refractivity (Wildman–Crippen MR) is 37.8 cm³/mol. The van der Waals surface area contributed by atoms with Crippen LogP contribution < -0.4 is 0 Å². The van der Waals surface area contributed by atoms with Crippen LogP contribution in [-0.4, -0.2) is 30.7 Å². The molecule has 0 fully saturated rings. The first-order chi connectivity index (χ1) is 4.09. The Morgan fingerprint density at radius 2 is 2.11 bits per heavy atom. The summed E-state index contributed by atoms with van der Waals surface area (Å²) in [6, 6.07) is -0.0759. The molecule has 9 heavy (non-hydrogen) atoms. The molecule has 0 aromatic rings. The van der Waals surface area contributed by atoms with Crippen molar-refractivity contribution >= 4 is 12.7 Å². The van der Waals surface area contributed by atoms with Crippen LogP contribution in [0.2, 0.25) is 0 Å². The highest BCUT2D eigenvalue weighted by Crippen LogP contribution is 1.94. The number of carbonyl (C=O) groups is 1. The van der Waals surface area contributed by atoms with Gasteiger partial charge in [-0.05, 0) is 20.6 Å². The lowest BCUT2D eigenvalue weighted by molar-refractivity contribution is 0.208. The Morgan fingerprint density at radius 3 is 2.22 bits per heavy atom. The topological polar surface area (TPSA) is 32.7 Å². The number of amides is 2. The van der Waals surface area contributed by atoms with Gasteiger partial charge in [-0.2, -0.15) is 0 Å². The summed E-state index contributed by atoms with van der Waals surface area (Å²) < 4.78 is 0. The van der Waals surface area contributed by atoms with Crippen molar-refractivity contribution in [3.8, 4) is 0 Å². The summed E-state index contributed by atoms with van der Waals surface area (Å²) in [4.78, 5) is 15.4.